The van der Waals surface area contributed by atoms with Gasteiger partial charge in [-0.3, -0.25) is 14.4 Å². The molecule has 2 aliphatic rings. The summed E-state index contributed by atoms with van der Waals surface area (Å²) in [5.74, 6) is -1.91. The monoisotopic (exact) mass is 422 g/mol. The Kier molecular flexibility index (Phi) is 4.53. The Morgan fingerprint density at radius 1 is 0.800 bits per heavy atom. The van der Waals surface area contributed by atoms with E-state index in [2.05, 4.69) is 0 Å². The lowest BCUT2D eigenvalue weighted by Crippen LogP contribution is -2.37. The first-order valence-corrected chi connectivity index (χ1v) is 9.82. The quantitative estimate of drug-likeness (QED) is 0.582. The van der Waals surface area contributed by atoms with Crippen LogP contribution in [0.4, 0.5) is 15.8 Å². The van der Waals surface area contributed by atoms with Crippen LogP contribution < -0.4 is 9.96 Å². The van der Waals surface area contributed by atoms with Gasteiger partial charge in [0.2, 0.25) is 5.91 Å². The van der Waals surface area contributed by atoms with Gasteiger partial charge in [0, 0.05) is 5.02 Å². The van der Waals surface area contributed by atoms with Gasteiger partial charge < -0.3 is 0 Å². The molecule has 0 aliphatic carbocycles. The van der Waals surface area contributed by atoms with E-state index < -0.39 is 24.0 Å². The van der Waals surface area contributed by atoms with Crippen molar-refractivity contribution in [2.24, 2.45) is 5.92 Å². The molecule has 3 aromatic carbocycles. The number of rotatable bonds is 3. The Labute approximate surface area is 177 Å². The first-order chi connectivity index (χ1) is 14.5. The Morgan fingerprint density at radius 2 is 1.47 bits per heavy atom. The summed E-state index contributed by atoms with van der Waals surface area (Å²) in [6.07, 6.45) is -0.969. The highest BCUT2D eigenvalue weighted by Gasteiger charge is 2.60. The van der Waals surface area contributed by atoms with Crippen molar-refractivity contribution >= 4 is 34.8 Å². The summed E-state index contributed by atoms with van der Waals surface area (Å²) in [5.41, 5.74) is 1.83. The lowest BCUT2D eigenvalue weighted by atomic mass is 9.90. The van der Waals surface area contributed by atoms with E-state index in [4.69, 9.17) is 16.4 Å². The smallest absolute Gasteiger partial charge is 0.266 e. The molecule has 0 unspecified atom stereocenters. The molecule has 3 atom stereocenters. The molecule has 5 nitrogen and oxygen atoms in total. The molecule has 2 heterocycles. The number of halogens is 2. The molecule has 3 aromatic rings. The minimum atomic E-state index is -0.969. The van der Waals surface area contributed by atoms with Gasteiger partial charge in [-0.2, -0.15) is 0 Å². The minimum absolute atomic E-state index is 0.345. The molecule has 2 aliphatic heterocycles. The molecule has 0 saturated carbocycles. The number of hydrogen-bond acceptors (Lipinski definition) is 4. The van der Waals surface area contributed by atoms with E-state index in [-0.39, 0.29) is 11.7 Å². The number of nitrogens with zero attached hydrogens (tertiary/aromatic N) is 2. The fourth-order valence-electron chi connectivity index (χ4n) is 4.06. The third-order valence-electron chi connectivity index (χ3n) is 5.42. The number of imide groups is 1. The maximum atomic E-state index is 13.5. The maximum absolute atomic E-state index is 13.5. The van der Waals surface area contributed by atoms with E-state index in [1.807, 2.05) is 6.07 Å². The molecule has 0 spiro atoms. The Morgan fingerprint density at radius 3 is 2.13 bits per heavy atom. The SMILES string of the molecule is O=C1[C@H]2[C@H](ON(c3ccc(Cl)cc3)[C@@H]2c2ccc(F)cc2)C(=O)N1c1ccccc1. The van der Waals surface area contributed by atoms with Gasteiger partial charge in [-0.05, 0) is 54.1 Å². The number of amides is 2. The van der Waals surface area contributed by atoms with E-state index in [0.717, 1.165) is 0 Å². The van der Waals surface area contributed by atoms with Crippen molar-refractivity contribution in [2.45, 2.75) is 12.1 Å². The second-order valence-corrected chi connectivity index (χ2v) is 7.63. The molecule has 2 amide bonds. The van der Waals surface area contributed by atoms with Gasteiger partial charge >= 0.3 is 0 Å². The highest BCUT2D eigenvalue weighted by Crippen LogP contribution is 2.47. The fraction of sp³-hybridized carbons (Fsp3) is 0.130. The van der Waals surface area contributed by atoms with Crippen molar-refractivity contribution in [3.05, 3.63) is 95.3 Å². The van der Waals surface area contributed by atoms with Crippen LogP contribution in [0.5, 0.6) is 0 Å². The highest BCUT2D eigenvalue weighted by molar-refractivity contribution is 6.30. The number of hydroxylamine groups is 1. The summed E-state index contributed by atoms with van der Waals surface area (Å²) >= 11 is 6.00. The van der Waals surface area contributed by atoms with E-state index in [0.29, 0.717) is 22.0 Å². The van der Waals surface area contributed by atoms with E-state index in [1.165, 1.54) is 17.0 Å². The second kappa shape index (κ2) is 7.23. The third-order valence-corrected chi connectivity index (χ3v) is 5.67. The van der Waals surface area contributed by atoms with Crippen molar-refractivity contribution < 1.29 is 18.8 Å². The number of carbonyl (C=O) groups is 2. The lowest BCUT2D eigenvalue weighted by Gasteiger charge is -2.28. The fourth-order valence-corrected chi connectivity index (χ4v) is 4.18. The van der Waals surface area contributed by atoms with E-state index >= 15 is 0 Å². The molecule has 0 radical (unpaired) electrons. The Balaban J connectivity index is 1.59. The zero-order chi connectivity index (χ0) is 20.8. The van der Waals surface area contributed by atoms with Crippen LogP contribution in [0.2, 0.25) is 5.02 Å². The van der Waals surface area contributed by atoms with Crippen LogP contribution in [0.3, 0.4) is 0 Å². The van der Waals surface area contributed by atoms with E-state index in [9.17, 15) is 14.0 Å². The highest BCUT2D eigenvalue weighted by atomic mass is 35.5. The van der Waals surface area contributed by atoms with Gasteiger partial charge in [0.15, 0.2) is 6.10 Å². The van der Waals surface area contributed by atoms with Gasteiger partial charge in [0.05, 0.1) is 17.4 Å². The summed E-state index contributed by atoms with van der Waals surface area (Å²) in [5, 5.41) is 2.11. The number of anilines is 2. The Bertz CT molecular complexity index is 1110. The van der Waals surface area contributed by atoms with Crippen LogP contribution in [0.25, 0.3) is 0 Å². The van der Waals surface area contributed by atoms with Crippen molar-refractivity contribution in [2.75, 3.05) is 9.96 Å². The lowest BCUT2D eigenvalue weighted by molar-refractivity contribution is -0.126. The van der Waals surface area contributed by atoms with E-state index in [1.54, 1.807) is 65.7 Å². The second-order valence-electron chi connectivity index (χ2n) is 7.20. The van der Waals surface area contributed by atoms with Crippen LogP contribution in [0, 0.1) is 11.7 Å². The zero-order valence-corrected chi connectivity index (χ0v) is 16.4. The average molecular weight is 423 g/mol. The van der Waals surface area contributed by atoms with Gasteiger partial charge in [-0.1, -0.05) is 41.9 Å². The van der Waals surface area contributed by atoms with Crippen LogP contribution in [0.15, 0.2) is 78.9 Å². The molecule has 7 heteroatoms. The summed E-state index contributed by atoms with van der Waals surface area (Å²) in [4.78, 5) is 33.7. The van der Waals surface area contributed by atoms with Crippen LogP contribution in [0.1, 0.15) is 11.6 Å². The standard InChI is InChI=1S/C23H16ClFN2O3/c24-15-8-12-18(13-9-15)27-20(14-6-10-16(25)11-7-14)19-21(30-27)23(29)26(22(19)28)17-4-2-1-3-5-17/h1-13,19-21H/t19-,20-,21+/m1/s1. The van der Waals surface area contributed by atoms with Crippen molar-refractivity contribution in [1.29, 1.82) is 0 Å². The normalized spacial score (nSPS) is 23.2. The summed E-state index contributed by atoms with van der Waals surface area (Å²) in [6, 6.07) is 21.0. The third kappa shape index (κ3) is 2.96. The first kappa shape index (κ1) is 18.8. The average Bonchev–Trinajstić information content (AvgIpc) is 3.26. The molecule has 0 N–H and O–H groups in total. The first-order valence-electron chi connectivity index (χ1n) is 9.44. The van der Waals surface area contributed by atoms with Gasteiger partial charge in [0.25, 0.3) is 5.91 Å². The summed E-state index contributed by atoms with van der Waals surface area (Å²) in [7, 11) is 0. The number of para-hydroxylation sites is 1. The Hall–Kier alpha value is -3.22. The van der Waals surface area contributed by atoms with Gasteiger partial charge in [-0.25, -0.2) is 14.4 Å². The van der Waals surface area contributed by atoms with Crippen molar-refractivity contribution in [3.63, 3.8) is 0 Å². The van der Waals surface area contributed by atoms with Crippen LogP contribution in [-0.2, 0) is 14.4 Å². The predicted molar refractivity (Wildman–Crippen MR) is 110 cm³/mol. The number of carbonyl (C=O) groups excluding carboxylic acids is 2. The van der Waals surface area contributed by atoms with Gasteiger partial charge in [0.1, 0.15) is 11.7 Å². The van der Waals surface area contributed by atoms with Crippen LogP contribution >= 0.6 is 11.6 Å². The molecule has 0 bridgehead atoms. The molecular formula is C23H16ClFN2O3. The topological polar surface area (TPSA) is 49.9 Å². The molecule has 5 rings (SSSR count). The molecule has 0 aromatic heterocycles. The molecular weight excluding hydrogens is 407 g/mol. The van der Waals surface area contributed by atoms with Crippen molar-refractivity contribution in [1.82, 2.24) is 0 Å². The number of fused-ring (bicyclic) bond motifs is 1. The van der Waals surface area contributed by atoms with Gasteiger partial charge in [-0.15, -0.1) is 0 Å². The predicted octanol–water partition coefficient (Wildman–Crippen LogP) is 4.53. The summed E-state index contributed by atoms with van der Waals surface area (Å²) in [6.45, 7) is 0. The molecule has 150 valence electrons. The maximum Gasteiger partial charge on any atom is 0.266 e. The minimum Gasteiger partial charge on any atom is -0.273 e. The largest absolute Gasteiger partial charge is 0.273 e. The number of hydrogen-bond donors (Lipinski definition) is 0. The number of benzene rings is 3. The molecule has 2 saturated heterocycles. The zero-order valence-electron chi connectivity index (χ0n) is 15.6. The summed E-state index contributed by atoms with van der Waals surface area (Å²) < 4.78 is 13.5. The molecule has 2 fully saturated rings. The molecule has 30 heavy (non-hydrogen) atoms. The van der Waals surface area contributed by atoms with Crippen LogP contribution in [-0.4, -0.2) is 17.9 Å². The van der Waals surface area contributed by atoms with Crippen molar-refractivity contribution in [3.8, 4) is 0 Å².